The summed E-state index contributed by atoms with van der Waals surface area (Å²) in [6.07, 6.45) is 0. The molecule has 1 aliphatic carbocycles. The van der Waals surface area contributed by atoms with Crippen LogP contribution >= 0.6 is 0 Å². The van der Waals surface area contributed by atoms with Crippen LogP contribution in [0.4, 0.5) is 0 Å². The van der Waals surface area contributed by atoms with Crippen molar-refractivity contribution < 1.29 is 0 Å². The molecule has 0 N–H and O–H groups in total. The zero-order chi connectivity index (χ0) is 10.5. The van der Waals surface area contributed by atoms with Gasteiger partial charge in [0.25, 0.3) is 0 Å². The molecule has 14 heavy (non-hydrogen) atoms. The summed E-state index contributed by atoms with van der Waals surface area (Å²) in [4.78, 5) is 8.96. The van der Waals surface area contributed by atoms with E-state index in [1.54, 1.807) is 0 Å². The van der Waals surface area contributed by atoms with Crippen LogP contribution in [0.15, 0.2) is 5.57 Å². The van der Waals surface area contributed by atoms with Gasteiger partial charge in [-0.15, -0.1) is 0 Å². The molecule has 0 saturated heterocycles. The second-order valence-corrected chi connectivity index (χ2v) is 4.15. The summed E-state index contributed by atoms with van der Waals surface area (Å²) in [7, 11) is 2.22. The maximum absolute atomic E-state index is 4.54. The highest BCUT2D eigenvalue weighted by Gasteiger charge is 2.26. The molecule has 1 heterocycles. The number of nitrogens with zero attached hydrogens (tertiary/aromatic N) is 2. The second-order valence-electron chi connectivity index (χ2n) is 4.15. The number of hydrogen-bond donors (Lipinski definition) is 0. The van der Waals surface area contributed by atoms with Crippen LogP contribution in [0.1, 0.15) is 42.4 Å². The van der Waals surface area contributed by atoms with Gasteiger partial charge in [0.1, 0.15) is 13.7 Å². The first kappa shape index (κ1) is 9.44. The third-order valence-electron chi connectivity index (χ3n) is 3.26. The minimum Gasteiger partial charge on any atom is -0.238 e. The Morgan fingerprint density at radius 2 is 1.71 bits per heavy atom. The van der Waals surface area contributed by atoms with Gasteiger partial charge in [-0.1, -0.05) is 5.57 Å². The van der Waals surface area contributed by atoms with E-state index in [9.17, 15) is 0 Å². The highest BCUT2D eigenvalue weighted by Crippen LogP contribution is 2.39. The van der Waals surface area contributed by atoms with Crippen LogP contribution in [-0.4, -0.2) is 17.8 Å². The Labute approximate surface area is 85.9 Å². The van der Waals surface area contributed by atoms with Crippen LogP contribution in [-0.2, 0) is 0 Å². The molecule has 1 aliphatic rings. The summed E-state index contributed by atoms with van der Waals surface area (Å²) in [6, 6.07) is 0. The predicted molar refractivity (Wildman–Crippen MR) is 61.1 cm³/mol. The van der Waals surface area contributed by atoms with Gasteiger partial charge in [0.15, 0.2) is 0 Å². The summed E-state index contributed by atoms with van der Waals surface area (Å²) in [5, 5.41) is 0. The van der Waals surface area contributed by atoms with Crippen molar-refractivity contribution in [2.24, 2.45) is 0 Å². The van der Waals surface area contributed by atoms with Crippen molar-refractivity contribution in [3.8, 4) is 0 Å². The number of fused-ring (bicyclic) bond motifs is 1. The fraction of sp³-hybridized carbons (Fsp3) is 0.455. The molecule has 1 unspecified atom stereocenters. The van der Waals surface area contributed by atoms with Gasteiger partial charge in [0, 0.05) is 11.3 Å². The van der Waals surface area contributed by atoms with E-state index >= 15 is 0 Å². The van der Waals surface area contributed by atoms with Crippen molar-refractivity contribution in [2.75, 3.05) is 0 Å². The van der Waals surface area contributed by atoms with Crippen LogP contribution in [0.3, 0.4) is 0 Å². The fourth-order valence-electron chi connectivity index (χ4n) is 2.24. The first-order valence-electron chi connectivity index (χ1n) is 5.05. The highest BCUT2D eigenvalue weighted by molar-refractivity contribution is 6.16. The maximum atomic E-state index is 4.54. The van der Waals surface area contributed by atoms with E-state index in [0.29, 0.717) is 5.82 Å². The maximum Gasteiger partial charge on any atom is 0.125 e. The van der Waals surface area contributed by atoms with Crippen molar-refractivity contribution >= 4 is 13.4 Å². The van der Waals surface area contributed by atoms with Crippen molar-refractivity contribution in [1.29, 1.82) is 0 Å². The predicted octanol–water partition coefficient (Wildman–Crippen LogP) is 1.57. The molecule has 0 radical (unpaired) electrons. The average molecular weight is 186 g/mol. The van der Waals surface area contributed by atoms with E-state index in [0.717, 1.165) is 11.5 Å². The lowest BCUT2D eigenvalue weighted by molar-refractivity contribution is 0.932. The second kappa shape index (κ2) is 2.94. The molecule has 0 aliphatic heterocycles. The van der Waals surface area contributed by atoms with Crippen molar-refractivity contribution in [3.05, 3.63) is 28.3 Å². The Kier molecular flexibility index (Phi) is 1.98. The Bertz CT molecular complexity index is 435. The van der Waals surface area contributed by atoms with E-state index in [-0.39, 0.29) is 0 Å². The van der Waals surface area contributed by atoms with Gasteiger partial charge in [0.2, 0.25) is 0 Å². The summed E-state index contributed by atoms with van der Waals surface area (Å²) in [5.41, 5.74) is 6.41. The largest absolute Gasteiger partial charge is 0.238 e. The first-order valence-corrected chi connectivity index (χ1v) is 5.05. The first-order chi connectivity index (χ1) is 6.52. The van der Waals surface area contributed by atoms with Gasteiger partial charge in [-0.05, 0) is 39.1 Å². The summed E-state index contributed by atoms with van der Waals surface area (Å²) < 4.78 is 0. The molecule has 0 amide bonds. The molecule has 0 spiro atoms. The Balaban J connectivity index is 2.73. The minimum atomic E-state index is 0.463. The Hall–Kier alpha value is -1.12. The van der Waals surface area contributed by atoms with Crippen LogP contribution in [0.25, 0.3) is 5.57 Å². The smallest absolute Gasteiger partial charge is 0.125 e. The zero-order valence-electron chi connectivity index (χ0n) is 9.47. The molecule has 0 bridgehead atoms. The Morgan fingerprint density at radius 1 is 1.07 bits per heavy atom. The van der Waals surface area contributed by atoms with Gasteiger partial charge in [-0.2, -0.15) is 0 Å². The third kappa shape index (κ3) is 1.12. The van der Waals surface area contributed by atoms with Crippen LogP contribution < -0.4 is 0 Å². The van der Waals surface area contributed by atoms with E-state index in [1.807, 2.05) is 6.92 Å². The summed E-state index contributed by atoms with van der Waals surface area (Å²) in [5.74, 6) is 1.35. The van der Waals surface area contributed by atoms with Crippen LogP contribution in [0.2, 0.25) is 0 Å². The number of hydrogen-bond acceptors (Lipinski definition) is 2. The number of rotatable bonds is 0. The lowest BCUT2D eigenvalue weighted by Crippen LogP contribution is -2.04. The van der Waals surface area contributed by atoms with Crippen molar-refractivity contribution in [3.63, 3.8) is 0 Å². The fourth-order valence-corrected chi connectivity index (χ4v) is 2.24. The van der Waals surface area contributed by atoms with E-state index < -0.39 is 0 Å². The molecule has 1 aromatic rings. The minimum absolute atomic E-state index is 0.463. The molecule has 2 rings (SSSR count). The average Bonchev–Trinajstić information content (AvgIpc) is 2.31. The number of aryl methyl sites for hydroxylation is 2. The zero-order valence-corrected chi connectivity index (χ0v) is 9.47. The van der Waals surface area contributed by atoms with Crippen molar-refractivity contribution in [1.82, 2.24) is 9.97 Å². The van der Waals surface area contributed by atoms with E-state index in [4.69, 9.17) is 0 Å². The van der Waals surface area contributed by atoms with E-state index in [1.165, 1.54) is 22.4 Å². The van der Waals surface area contributed by atoms with Gasteiger partial charge in [0.05, 0.1) is 5.69 Å². The molecule has 0 saturated carbocycles. The molecule has 1 aromatic heterocycles. The molecule has 72 valence electrons. The lowest BCUT2D eigenvalue weighted by Gasteiger charge is -2.08. The summed E-state index contributed by atoms with van der Waals surface area (Å²) in [6.45, 7) is 8.39. The normalized spacial score (nSPS) is 20.1. The van der Waals surface area contributed by atoms with Gasteiger partial charge < -0.3 is 0 Å². The lowest BCUT2D eigenvalue weighted by atomic mass is 9.81. The van der Waals surface area contributed by atoms with Gasteiger partial charge in [-0.3, -0.25) is 0 Å². The van der Waals surface area contributed by atoms with Gasteiger partial charge >= 0.3 is 0 Å². The molecular formula is C11H15BN2. The highest BCUT2D eigenvalue weighted by atomic mass is 14.9. The van der Waals surface area contributed by atoms with Gasteiger partial charge in [-0.25, -0.2) is 9.97 Å². The molecule has 1 atom stereocenters. The molecule has 3 heteroatoms. The third-order valence-corrected chi connectivity index (χ3v) is 3.26. The number of allylic oxidation sites excluding steroid dienone is 2. The molecular weight excluding hydrogens is 171 g/mol. The van der Waals surface area contributed by atoms with Crippen molar-refractivity contribution in [2.45, 2.75) is 33.5 Å². The monoisotopic (exact) mass is 186 g/mol. The Morgan fingerprint density at radius 3 is 2.36 bits per heavy atom. The molecule has 0 fully saturated rings. The standard InChI is InChI=1S/C11H15BN2/c1-5-6(2)10(12)11-9(5)7(3)13-8(4)14-11/h10H,12H2,1-4H3. The van der Waals surface area contributed by atoms with Crippen LogP contribution in [0, 0.1) is 13.8 Å². The van der Waals surface area contributed by atoms with E-state index in [2.05, 4.69) is 38.6 Å². The summed E-state index contributed by atoms with van der Waals surface area (Å²) >= 11 is 0. The topological polar surface area (TPSA) is 25.8 Å². The quantitative estimate of drug-likeness (QED) is 0.574. The molecule has 0 aromatic carbocycles. The van der Waals surface area contributed by atoms with Crippen LogP contribution in [0.5, 0.6) is 0 Å². The SMILES string of the molecule is BC1C(C)=C(C)c2c(C)nc(C)nc21. The number of aromatic nitrogens is 2. The molecule has 2 nitrogen and oxygen atoms in total.